The van der Waals surface area contributed by atoms with Crippen LogP contribution in [-0.4, -0.2) is 46.5 Å². The molecule has 2 saturated carbocycles. The first kappa shape index (κ1) is 15.6. The summed E-state index contributed by atoms with van der Waals surface area (Å²) in [4.78, 5) is 36.0. The lowest BCUT2D eigenvalue weighted by Crippen LogP contribution is -2.52. The molecule has 1 atom stereocenters. The van der Waals surface area contributed by atoms with Crippen molar-refractivity contribution in [2.75, 3.05) is 6.54 Å². The molecular weight excluding hydrogens is 274 g/mol. The minimum absolute atomic E-state index is 0.0298. The lowest BCUT2D eigenvalue weighted by atomic mass is 10.1. The minimum atomic E-state index is -0.922. The average molecular weight is 297 g/mol. The summed E-state index contributed by atoms with van der Waals surface area (Å²) in [5.74, 6) is -1.23. The molecule has 0 aromatic carbocycles. The van der Waals surface area contributed by atoms with Gasteiger partial charge in [-0.25, -0.2) is 4.79 Å². The van der Waals surface area contributed by atoms with Crippen molar-refractivity contribution in [1.82, 2.24) is 10.2 Å². The van der Waals surface area contributed by atoms with Crippen molar-refractivity contribution in [1.29, 1.82) is 0 Å². The van der Waals surface area contributed by atoms with E-state index in [2.05, 4.69) is 5.32 Å². The van der Waals surface area contributed by atoms with Crippen LogP contribution in [0.5, 0.6) is 0 Å². The summed E-state index contributed by atoms with van der Waals surface area (Å²) in [6, 6.07) is -0.687. The van der Waals surface area contributed by atoms with Gasteiger partial charge in [-0.1, -0.05) is 12.8 Å². The zero-order chi connectivity index (χ0) is 15.4. The number of urea groups is 1. The second-order valence-corrected chi connectivity index (χ2v) is 6.02. The smallest absolute Gasteiger partial charge is 0.318 e. The van der Waals surface area contributed by atoms with Crippen LogP contribution in [0.25, 0.3) is 0 Å². The Labute approximate surface area is 123 Å². The van der Waals surface area contributed by atoms with E-state index in [1.807, 2.05) is 0 Å². The molecule has 0 heterocycles. The highest BCUT2D eigenvalue weighted by atomic mass is 16.4. The summed E-state index contributed by atoms with van der Waals surface area (Å²) < 4.78 is 0. The van der Waals surface area contributed by atoms with E-state index in [0.717, 1.165) is 38.5 Å². The maximum atomic E-state index is 12.4. The van der Waals surface area contributed by atoms with Crippen molar-refractivity contribution < 1.29 is 19.5 Å². The molecule has 1 unspecified atom stereocenters. The summed E-state index contributed by atoms with van der Waals surface area (Å²) in [5.41, 5.74) is 5.23. The van der Waals surface area contributed by atoms with E-state index in [9.17, 15) is 14.4 Å². The number of hydrogen-bond donors (Lipinski definition) is 3. The van der Waals surface area contributed by atoms with Gasteiger partial charge >= 0.3 is 12.0 Å². The summed E-state index contributed by atoms with van der Waals surface area (Å²) in [6.45, 7) is -0.110. The fourth-order valence-electron chi connectivity index (χ4n) is 3.01. The molecular formula is C14H23N3O4. The number of nitrogens with one attached hydrogen (secondary N) is 1. The molecule has 2 aliphatic rings. The predicted octanol–water partition coefficient (Wildman–Crippen LogP) is 0.679. The van der Waals surface area contributed by atoms with Gasteiger partial charge in [0.2, 0.25) is 5.91 Å². The zero-order valence-electron chi connectivity index (χ0n) is 12.1. The van der Waals surface area contributed by atoms with E-state index >= 15 is 0 Å². The Morgan fingerprint density at radius 2 is 1.81 bits per heavy atom. The number of carboxylic acid groups (broad SMARTS) is 1. The Hall–Kier alpha value is -1.79. The summed E-state index contributed by atoms with van der Waals surface area (Å²) in [5, 5.41) is 11.7. The highest BCUT2D eigenvalue weighted by Gasteiger charge is 2.36. The van der Waals surface area contributed by atoms with Crippen molar-refractivity contribution in [2.45, 2.75) is 57.0 Å². The Bertz CT molecular complexity index is 416. The van der Waals surface area contributed by atoms with Crippen molar-refractivity contribution in [3.63, 3.8) is 0 Å². The molecule has 0 aromatic heterocycles. The standard InChI is InChI=1S/C14H23N3O4/c15-12(18)8-17(10-3-1-2-4-10)14(21)16-11(7-13(19)20)9-5-6-9/h9-11H,1-8H2,(H2,15,18)(H,16,21)(H,19,20). The third kappa shape index (κ3) is 4.61. The molecule has 0 saturated heterocycles. The molecule has 0 aliphatic heterocycles. The average Bonchev–Trinajstić information content (AvgIpc) is 3.10. The van der Waals surface area contributed by atoms with Crippen molar-refractivity contribution in [3.8, 4) is 0 Å². The zero-order valence-corrected chi connectivity index (χ0v) is 12.1. The molecule has 21 heavy (non-hydrogen) atoms. The molecule has 3 amide bonds. The predicted molar refractivity (Wildman–Crippen MR) is 75.5 cm³/mol. The quantitative estimate of drug-likeness (QED) is 0.641. The number of carbonyl (C=O) groups excluding carboxylic acids is 2. The Balaban J connectivity index is 1.98. The maximum absolute atomic E-state index is 12.4. The second kappa shape index (κ2) is 6.78. The van der Waals surface area contributed by atoms with Crippen molar-refractivity contribution in [2.24, 2.45) is 11.7 Å². The van der Waals surface area contributed by atoms with Gasteiger partial charge in [-0.05, 0) is 31.6 Å². The van der Waals surface area contributed by atoms with Gasteiger partial charge in [0.1, 0.15) is 6.54 Å². The third-order valence-electron chi connectivity index (χ3n) is 4.25. The molecule has 2 rings (SSSR count). The first-order valence-electron chi connectivity index (χ1n) is 7.54. The summed E-state index contributed by atoms with van der Waals surface area (Å²) in [6.07, 6.45) is 5.62. The lowest BCUT2D eigenvalue weighted by Gasteiger charge is -2.30. The first-order chi connectivity index (χ1) is 9.97. The van der Waals surface area contributed by atoms with Crippen LogP contribution in [0, 0.1) is 5.92 Å². The Morgan fingerprint density at radius 3 is 2.29 bits per heavy atom. The number of rotatable bonds is 7. The number of carbonyl (C=O) groups is 3. The number of carboxylic acids is 1. The Morgan fingerprint density at radius 1 is 1.19 bits per heavy atom. The van der Waals surface area contributed by atoms with Crippen LogP contribution < -0.4 is 11.1 Å². The summed E-state index contributed by atoms with van der Waals surface area (Å²) >= 11 is 0. The first-order valence-corrected chi connectivity index (χ1v) is 7.54. The van der Waals surface area contributed by atoms with E-state index in [0.29, 0.717) is 0 Å². The third-order valence-corrected chi connectivity index (χ3v) is 4.25. The van der Waals surface area contributed by atoms with Crippen LogP contribution in [0.4, 0.5) is 4.79 Å². The highest BCUT2D eigenvalue weighted by Crippen LogP contribution is 2.34. The van der Waals surface area contributed by atoms with E-state index in [-0.39, 0.29) is 37.0 Å². The summed E-state index contributed by atoms with van der Waals surface area (Å²) in [7, 11) is 0. The van der Waals surface area contributed by atoms with Gasteiger partial charge < -0.3 is 21.1 Å². The van der Waals surface area contributed by atoms with Crippen LogP contribution >= 0.6 is 0 Å². The molecule has 0 spiro atoms. The largest absolute Gasteiger partial charge is 0.481 e. The minimum Gasteiger partial charge on any atom is -0.481 e. The number of hydrogen-bond acceptors (Lipinski definition) is 3. The van der Waals surface area contributed by atoms with Crippen molar-refractivity contribution in [3.05, 3.63) is 0 Å². The van der Waals surface area contributed by atoms with Gasteiger partial charge in [-0.3, -0.25) is 9.59 Å². The molecule has 7 nitrogen and oxygen atoms in total. The SMILES string of the molecule is NC(=O)CN(C(=O)NC(CC(=O)O)C1CC1)C1CCCC1. The molecule has 4 N–H and O–H groups in total. The van der Waals surface area contributed by atoms with E-state index in [4.69, 9.17) is 10.8 Å². The number of aliphatic carboxylic acids is 1. The number of nitrogens with zero attached hydrogens (tertiary/aromatic N) is 1. The molecule has 118 valence electrons. The second-order valence-electron chi connectivity index (χ2n) is 6.02. The topological polar surface area (TPSA) is 113 Å². The maximum Gasteiger partial charge on any atom is 0.318 e. The van der Waals surface area contributed by atoms with Gasteiger partial charge in [-0.15, -0.1) is 0 Å². The van der Waals surface area contributed by atoms with Crippen LogP contribution in [-0.2, 0) is 9.59 Å². The van der Waals surface area contributed by atoms with Gasteiger partial charge in [0.25, 0.3) is 0 Å². The Kier molecular flexibility index (Phi) is 5.03. The molecule has 2 aliphatic carbocycles. The normalized spacial score (nSPS) is 20.0. The monoisotopic (exact) mass is 297 g/mol. The van der Waals surface area contributed by atoms with Gasteiger partial charge in [-0.2, -0.15) is 0 Å². The molecule has 2 fully saturated rings. The van der Waals surface area contributed by atoms with Gasteiger partial charge in [0.15, 0.2) is 0 Å². The van der Waals surface area contributed by atoms with E-state index < -0.39 is 11.9 Å². The van der Waals surface area contributed by atoms with Gasteiger partial charge in [0.05, 0.1) is 6.42 Å². The van der Waals surface area contributed by atoms with Crippen LogP contribution in [0.1, 0.15) is 44.9 Å². The molecule has 7 heteroatoms. The number of amides is 3. The molecule has 0 radical (unpaired) electrons. The van der Waals surface area contributed by atoms with E-state index in [1.54, 1.807) is 0 Å². The molecule has 0 aromatic rings. The lowest BCUT2D eigenvalue weighted by molar-refractivity contribution is -0.137. The number of primary amides is 1. The molecule has 0 bridgehead atoms. The van der Waals surface area contributed by atoms with Crippen LogP contribution in [0.3, 0.4) is 0 Å². The van der Waals surface area contributed by atoms with E-state index in [1.165, 1.54) is 4.90 Å². The van der Waals surface area contributed by atoms with Crippen molar-refractivity contribution >= 4 is 17.9 Å². The van der Waals surface area contributed by atoms with Crippen LogP contribution in [0.2, 0.25) is 0 Å². The van der Waals surface area contributed by atoms with Crippen LogP contribution in [0.15, 0.2) is 0 Å². The fraction of sp³-hybridized carbons (Fsp3) is 0.786. The fourth-order valence-corrected chi connectivity index (χ4v) is 3.01. The highest BCUT2D eigenvalue weighted by molar-refractivity contribution is 5.83. The number of nitrogens with two attached hydrogens (primary N) is 1. The van der Waals surface area contributed by atoms with Gasteiger partial charge in [0, 0.05) is 12.1 Å².